The third-order valence-electron chi connectivity index (χ3n) is 1.95. The normalized spacial score (nSPS) is 15.7. The van der Waals surface area contributed by atoms with Crippen LogP contribution in [0.3, 0.4) is 0 Å². The lowest BCUT2D eigenvalue weighted by atomic mass is 10.3. The summed E-state index contributed by atoms with van der Waals surface area (Å²) < 4.78 is 0. The number of carbonyl (C=O) groups is 1. The summed E-state index contributed by atoms with van der Waals surface area (Å²) >= 11 is 1.50. The Morgan fingerprint density at radius 2 is 2.46 bits per heavy atom. The highest BCUT2D eigenvalue weighted by atomic mass is 32.2. The van der Waals surface area contributed by atoms with Crippen molar-refractivity contribution in [2.45, 2.75) is 17.9 Å². The van der Waals surface area contributed by atoms with Crippen LogP contribution in [-0.4, -0.2) is 21.5 Å². The number of ketones is 1. The molecule has 1 aromatic heterocycles. The molecule has 1 aliphatic rings. The second kappa shape index (κ2) is 3.87. The average molecular weight is 194 g/mol. The molecule has 2 rings (SSSR count). The first-order valence-electron chi connectivity index (χ1n) is 4.28. The fourth-order valence-electron chi connectivity index (χ4n) is 1.03. The van der Waals surface area contributed by atoms with Gasteiger partial charge in [-0.05, 0) is 18.9 Å². The van der Waals surface area contributed by atoms with Gasteiger partial charge >= 0.3 is 0 Å². The van der Waals surface area contributed by atoms with Gasteiger partial charge < -0.3 is 0 Å². The molecule has 68 valence electrons. The predicted octanol–water partition coefficient (Wildman–Crippen LogP) is 1.55. The van der Waals surface area contributed by atoms with Crippen LogP contribution in [0.2, 0.25) is 0 Å². The molecule has 4 heteroatoms. The summed E-state index contributed by atoms with van der Waals surface area (Å²) in [5, 5.41) is 0.879. The van der Waals surface area contributed by atoms with Crippen molar-refractivity contribution in [1.29, 1.82) is 0 Å². The zero-order chi connectivity index (χ0) is 9.10. The molecule has 1 aliphatic carbocycles. The van der Waals surface area contributed by atoms with Crippen molar-refractivity contribution in [3.63, 3.8) is 0 Å². The molecule has 0 aromatic carbocycles. The number of hydrogen-bond acceptors (Lipinski definition) is 4. The SMILES string of the molecule is O=C(CSc1ccncn1)C1CC1. The van der Waals surface area contributed by atoms with Crippen LogP contribution in [-0.2, 0) is 4.79 Å². The van der Waals surface area contributed by atoms with Gasteiger partial charge in [0.15, 0.2) is 0 Å². The van der Waals surface area contributed by atoms with Crippen molar-refractivity contribution in [2.75, 3.05) is 5.75 Å². The molecule has 0 saturated heterocycles. The molecule has 0 spiro atoms. The van der Waals surface area contributed by atoms with Gasteiger partial charge in [-0.1, -0.05) is 11.8 Å². The molecule has 0 aliphatic heterocycles. The van der Waals surface area contributed by atoms with Gasteiger partial charge in [-0.25, -0.2) is 9.97 Å². The predicted molar refractivity (Wildman–Crippen MR) is 50.5 cm³/mol. The molecule has 0 radical (unpaired) electrons. The second-order valence-electron chi connectivity index (χ2n) is 3.08. The lowest BCUT2D eigenvalue weighted by Crippen LogP contribution is -2.03. The molecule has 0 unspecified atom stereocenters. The summed E-state index contributed by atoms with van der Waals surface area (Å²) in [7, 11) is 0. The van der Waals surface area contributed by atoms with Gasteiger partial charge in [0.05, 0.1) is 10.8 Å². The fraction of sp³-hybridized carbons (Fsp3) is 0.444. The van der Waals surface area contributed by atoms with Gasteiger partial charge in [0.1, 0.15) is 12.1 Å². The van der Waals surface area contributed by atoms with E-state index in [4.69, 9.17) is 0 Å². The zero-order valence-electron chi connectivity index (χ0n) is 7.14. The van der Waals surface area contributed by atoms with Gasteiger partial charge in [-0.3, -0.25) is 4.79 Å². The van der Waals surface area contributed by atoms with E-state index in [0.717, 1.165) is 17.9 Å². The van der Waals surface area contributed by atoms with E-state index >= 15 is 0 Å². The Morgan fingerprint density at radius 3 is 3.08 bits per heavy atom. The second-order valence-corrected chi connectivity index (χ2v) is 4.07. The number of Topliss-reactive ketones (excluding diaryl/α,β-unsaturated/α-hetero) is 1. The highest BCUT2D eigenvalue weighted by molar-refractivity contribution is 7.99. The van der Waals surface area contributed by atoms with E-state index in [0.29, 0.717) is 17.5 Å². The lowest BCUT2D eigenvalue weighted by molar-refractivity contribution is -0.117. The summed E-state index contributed by atoms with van der Waals surface area (Å²) in [6, 6.07) is 1.82. The van der Waals surface area contributed by atoms with E-state index in [9.17, 15) is 4.79 Å². The standard InChI is InChI=1S/C9H10N2OS/c12-8(7-1-2-7)5-13-9-3-4-10-6-11-9/h3-4,6-7H,1-2,5H2. The number of nitrogens with zero attached hydrogens (tertiary/aromatic N) is 2. The van der Waals surface area contributed by atoms with Crippen LogP contribution in [0.1, 0.15) is 12.8 Å². The number of aromatic nitrogens is 2. The Hall–Kier alpha value is -0.900. The van der Waals surface area contributed by atoms with Crippen LogP contribution in [0.4, 0.5) is 0 Å². The summed E-state index contributed by atoms with van der Waals surface area (Å²) in [5.41, 5.74) is 0. The summed E-state index contributed by atoms with van der Waals surface area (Å²) in [6.45, 7) is 0. The van der Waals surface area contributed by atoms with E-state index in [1.807, 2.05) is 6.07 Å². The topological polar surface area (TPSA) is 42.9 Å². The molecule has 0 N–H and O–H groups in total. The number of carbonyl (C=O) groups excluding carboxylic acids is 1. The third kappa shape index (κ3) is 2.52. The summed E-state index contributed by atoms with van der Waals surface area (Å²) in [5.74, 6) is 1.28. The van der Waals surface area contributed by atoms with Gasteiger partial charge in [-0.2, -0.15) is 0 Å². The van der Waals surface area contributed by atoms with Crippen molar-refractivity contribution >= 4 is 17.5 Å². The molecular formula is C9H10N2OS. The molecule has 1 aromatic rings. The first kappa shape index (κ1) is 8.69. The van der Waals surface area contributed by atoms with Crippen LogP contribution < -0.4 is 0 Å². The maximum Gasteiger partial charge on any atom is 0.146 e. The van der Waals surface area contributed by atoms with E-state index in [1.54, 1.807) is 6.20 Å². The number of rotatable bonds is 4. The first-order valence-corrected chi connectivity index (χ1v) is 5.26. The van der Waals surface area contributed by atoms with Crippen LogP contribution in [0.25, 0.3) is 0 Å². The Labute approximate surface area is 81.0 Å². The summed E-state index contributed by atoms with van der Waals surface area (Å²) in [4.78, 5) is 19.2. The number of thioether (sulfide) groups is 1. The molecular weight excluding hydrogens is 184 g/mol. The lowest BCUT2D eigenvalue weighted by Gasteiger charge is -1.97. The number of hydrogen-bond donors (Lipinski definition) is 0. The first-order chi connectivity index (χ1) is 6.36. The quantitative estimate of drug-likeness (QED) is 0.538. The van der Waals surface area contributed by atoms with Gasteiger partial charge in [-0.15, -0.1) is 0 Å². The molecule has 0 bridgehead atoms. The minimum absolute atomic E-state index is 0.356. The Kier molecular flexibility index (Phi) is 2.59. The Balaban J connectivity index is 1.82. The average Bonchev–Trinajstić information content (AvgIpc) is 2.99. The van der Waals surface area contributed by atoms with Crippen LogP contribution >= 0.6 is 11.8 Å². The van der Waals surface area contributed by atoms with E-state index < -0.39 is 0 Å². The highest BCUT2D eigenvalue weighted by Crippen LogP contribution is 2.31. The van der Waals surface area contributed by atoms with Crippen molar-refractivity contribution in [2.24, 2.45) is 5.92 Å². The van der Waals surface area contributed by atoms with Crippen LogP contribution in [0.15, 0.2) is 23.6 Å². The monoisotopic (exact) mass is 194 g/mol. The maximum absolute atomic E-state index is 11.3. The molecule has 1 fully saturated rings. The smallest absolute Gasteiger partial charge is 0.146 e. The third-order valence-corrected chi connectivity index (χ3v) is 2.92. The van der Waals surface area contributed by atoms with Crippen molar-refractivity contribution in [3.05, 3.63) is 18.6 Å². The molecule has 1 saturated carbocycles. The molecule has 3 nitrogen and oxygen atoms in total. The van der Waals surface area contributed by atoms with Crippen LogP contribution in [0.5, 0.6) is 0 Å². The van der Waals surface area contributed by atoms with Crippen LogP contribution in [0, 0.1) is 5.92 Å². The molecule has 13 heavy (non-hydrogen) atoms. The van der Waals surface area contributed by atoms with E-state index in [2.05, 4.69) is 9.97 Å². The molecule has 0 atom stereocenters. The zero-order valence-corrected chi connectivity index (χ0v) is 7.96. The van der Waals surface area contributed by atoms with Crippen molar-refractivity contribution < 1.29 is 4.79 Å². The minimum Gasteiger partial charge on any atom is -0.298 e. The maximum atomic E-state index is 11.3. The largest absolute Gasteiger partial charge is 0.298 e. The molecule has 0 amide bonds. The minimum atomic E-state index is 0.356. The van der Waals surface area contributed by atoms with E-state index in [1.165, 1.54) is 18.1 Å². The summed E-state index contributed by atoms with van der Waals surface area (Å²) in [6.07, 6.45) is 5.37. The van der Waals surface area contributed by atoms with Gasteiger partial charge in [0, 0.05) is 12.1 Å². The Bertz CT molecular complexity index is 298. The van der Waals surface area contributed by atoms with Crippen molar-refractivity contribution in [1.82, 2.24) is 9.97 Å². The Morgan fingerprint density at radius 1 is 1.62 bits per heavy atom. The van der Waals surface area contributed by atoms with Gasteiger partial charge in [0.2, 0.25) is 0 Å². The van der Waals surface area contributed by atoms with Crippen molar-refractivity contribution in [3.8, 4) is 0 Å². The van der Waals surface area contributed by atoms with E-state index in [-0.39, 0.29) is 0 Å². The fourth-order valence-corrected chi connectivity index (χ4v) is 1.84. The highest BCUT2D eigenvalue weighted by Gasteiger charge is 2.28. The van der Waals surface area contributed by atoms with Gasteiger partial charge in [0.25, 0.3) is 0 Å². The molecule has 1 heterocycles.